The van der Waals surface area contributed by atoms with E-state index in [4.69, 9.17) is 4.42 Å². The molecule has 0 amide bonds. The highest BCUT2D eigenvalue weighted by Gasteiger charge is 2.01. The maximum atomic E-state index is 5.41. The highest BCUT2D eigenvalue weighted by Crippen LogP contribution is 2.16. The van der Waals surface area contributed by atoms with Crippen molar-refractivity contribution in [2.45, 2.75) is 6.54 Å². The average Bonchev–Trinajstić information content (AvgIpc) is 3.08. The molecule has 0 atom stereocenters. The topological polar surface area (TPSA) is 68.8 Å². The summed E-state index contributed by atoms with van der Waals surface area (Å²) in [6.45, 7) is 0.635. The summed E-state index contributed by atoms with van der Waals surface area (Å²) in [5.41, 5.74) is 1.92. The van der Waals surface area contributed by atoms with E-state index in [9.17, 15) is 0 Å². The first-order valence-corrected chi connectivity index (χ1v) is 6.42. The van der Waals surface area contributed by atoms with Gasteiger partial charge in [0.25, 0.3) is 0 Å². The van der Waals surface area contributed by atoms with E-state index in [-0.39, 0.29) is 0 Å². The van der Waals surface area contributed by atoms with Gasteiger partial charge in [-0.3, -0.25) is 0 Å². The third kappa shape index (κ3) is 2.82. The fourth-order valence-electron chi connectivity index (χ4n) is 1.65. The van der Waals surface area contributed by atoms with Gasteiger partial charge in [0.15, 0.2) is 4.67 Å². The maximum Gasteiger partial charge on any atom is 0.169 e. The Kier molecular flexibility index (Phi) is 3.28. The molecule has 0 spiro atoms. The maximum absolute atomic E-state index is 5.41. The minimum Gasteiger partial charge on any atom is -0.452 e. The minimum atomic E-state index is 0.635. The lowest BCUT2D eigenvalue weighted by Gasteiger charge is -2.05. The Morgan fingerprint density at radius 1 is 1.16 bits per heavy atom. The molecule has 0 unspecified atom stereocenters. The summed E-state index contributed by atoms with van der Waals surface area (Å²) in [6.07, 6.45) is 1.56. The van der Waals surface area contributed by atoms with Gasteiger partial charge in [0.2, 0.25) is 0 Å². The monoisotopic (exact) mass is 319 g/mol. The van der Waals surface area contributed by atoms with Gasteiger partial charge in [-0.25, -0.2) is 4.68 Å². The normalized spacial score (nSPS) is 10.6. The zero-order valence-electron chi connectivity index (χ0n) is 9.82. The van der Waals surface area contributed by atoms with Crippen LogP contribution in [0.5, 0.6) is 0 Å². The lowest BCUT2D eigenvalue weighted by Crippen LogP contribution is -1.99. The summed E-state index contributed by atoms with van der Waals surface area (Å²) < 4.78 is 7.75. The van der Waals surface area contributed by atoms with Crippen LogP contribution in [0.3, 0.4) is 0 Å². The SMILES string of the molecule is Brc1ccc(CNc2ccc(-n3cnnn3)cc2)o1. The number of nitrogens with zero attached hydrogens (tertiary/aromatic N) is 4. The largest absolute Gasteiger partial charge is 0.452 e. The number of halogens is 1. The van der Waals surface area contributed by atoms with Crippen LogP contribution in [0.25, 0.3) is 5.69 Å². The Morgan fingerprint density at radius 2 is 2.00 bits per heavy atom. The van der Waals surface area contributed by atoms with Crippen LogP contribution in [0, 0.1) is 0 Å². The summed E-state index contributed by atoms with van der Waals surface area (Å²) >= 11 is 3.27. The van der Waals surface area contributed by atoms with Gasteiger partial charge < -0.3 is 9.73 Å². The molecule has 1 aromatic carbocycles. The molecular formula is C12H10BrN5O. The van der Waals surface area contributed by atoms with Gasteiger partial charge in [-0.05, 0) is 62.8 Å². The number of hydrogen-bond donors (Lipinski definition) is 1. The van der Waals surface area contributed by atoms with Crippen molar-refractivity contribution in [2.75, 3.05) is 5.32 Å². The number of furan rings is 1. The van der Waals surface area contributed by atoms with E-state index in [0.717, 1.165) is 21.8 Å². The fourth-order valence-corrected chi connectivity index (χ4v) is 1.99. The predicted octanol–water partition coefficient (Wildman–Crippen LogP) is 2.63. The van der Waals surface area contributed by atoms with Crippen LogP contribution in [0.1, 0.15) is 5.76 Å². The second kappa shape index (κ2) is 5.23. The number of aromatic nitrogens is 4. The van der Waals surface area contributed by atoms with E-state index in [1.165, 1.54) is 0 Å². The number of nitrogens with one attached hydrogen (secondary N) is 1. The van der Waals surface area contributed by atoms with Crippen LogP contribution in [0.4, 0.5) is 5.69 Å². The van der Waals surface area contributed by atoms with Crippen molar-refractivity contribution in [3.05, 3.63) is 53.2 Å². The highest BCUT2D eigenvalue weighted by atomic mass is 79.9. The third-order valence-electron chi connectivity index (χ3n) is 2.58. The Bertz CT molecular complexity index is 647. The Balaban J connectivity index is 1.66. The molecule has 0 bridgehead atoms. The zero-order valence-corrected chi connectivity index (χ0v) is 11.4. The van der Waals surface area contributed by atoms with Crippen LogP contribution >= 0.6 is 15.9 Å². The molecule has 3 rings (SSSR count). The first-order chi connectivity index (χ1) is 9.31. The van der Waals surface area contributed by atoms with Crippen LogP contribution < -0.4 is 5.32 Å². The van der Waals surface area contributed by atoms with Crippen molar-refractivity contribution in [1.82, 2.24) is 20.2 Å². The zero-order chi connectivity index (χ0) is 13.1. The van der Waals surface area contributed by atoms with Crippen molar-refractivity contribution in [2.24, 2.45) is 0 Å². The second-order valence-corrected chi connectivity index (χ2v) is 4.64. The first kappa shape index (κ1) is 11.9. The third-order valence-corrected chi connectivity index (χ3v) is 3.00. The standard InChI is InChI=1S/C12H10BrN5O/c13-12-6-5-11(19-12)7-14-9-1-3-10(4-2-9)18-8-15-16-17-18/h1-6,8,14H,7H2. The smallest absolute Gasteiger partial charge is 0.169 e. The van der Waals surface area contributed by atoms with Crippen molar-refractivity contribution in [1.29, 1.82) is 0 Å². The second-order valence-electron chi connectivity index (χ2n) is 3.86. The van der Waals surface area contributed by atoms with Crippen molar-refractivity contribution in [3.63, 3.8) is 0 Å². The van der Waals surface area contributed by atoms with Gasteiger partial charge in [0.1, 0.15) is 12.1 Å². The molecule has 1 N–H and O–H groups in total. The van der Waals surface area contributed by atoms with E-state index >= 15 is 0 Å². The lowest BCUT2D eigenvalue weighted by atomic mass is 10.3. The molecule has 0 saturated heterocycles. The lowest BCUT2D eigenvalue weighted by molar-refractivity contribution is 0.495. The summed E-state index contributed by atoms with van der Waals surface area (Å²) in [5, 5.41) is 14.3. The number of benzene rings is 1. The minimum absolute atomic E-state index is 0.635. The molecule has 0 aliphatic carbocycles. The van der Waals surface area contributed by atoms with Gasteiger partial charge in [-0.1, -0.05) is 0 Å². The molecule has 6 nitrogen and oxygen atoms in total. The van der Waals surface area contributed by atoms with Crippen LogP contribution in [-0.4, -0.2) is 20.2 Å². The van der Waals surface area contributed by atoms with Crippen LogP contribution in [0.15, 0.2) is 51.8 Å². The molecule has 0 fully saturated rings. The van der Waals surface area contributed by atoms with Crippen molar-refractivity contribution >= 4 is 21.6 Å². The first-order valence-electron chi connectivity index (χ1n) is 5.63. The molecule has 3 aromatic rings. The van der Waals surface area contributed by atoms with E-state index in [1.54, 1.807) is 11.0 Å². The quantitative estimate of drug-likeness (QED) is 0.800. The van der Waals surface area contributed by atoms with Gasteiger partial charge in [-0.15, -0.1) is 5.10 Å². The number of tetrazole rings is 1. The highest BCUT2D eigenvalue weighted by molar-refractivity contribution is 9.10. The Labute approximate surface area is 117 Å². The van der Waals surface area contributed by atoms with Crippen LogP contribution in [-0.2, 0) is 6.54 Å². The molecule has 2 heterocycles. The average molecular weight is 320 g/mol. The summed E-state index contributed by atoms with van der Waals surface area (Å²) in [7, 11) is 0. The summed E-state index contributed by atoms with van der Waals surface area (Å²) in [6, 6.07) is 11.6. The summed E-state index contributed by atoms with van der Waals surface area (Å²) in [5.74, 6) is 0.872. The molecule has 0 aliphatic rings. The van der Waals surface area contributed by atoms with Crippen LogP contribution in [0.2, 0.25) is 0 Å². The molecule has 0 saturated carbocycles. The molecule has 96 valence electrons. The predicted molar refractivity (Wildman–Crippen MR) is 72.9 cm³/mol. The van der Waals surface area contributed by atoms with Crippen molar-refractivity contribution < 1.29 is 4.42 Å². The van der Waals surface area contributed by atoms with Crippen molar-refractivity contribution in [3.8, 4) is 5.69 Å². The molecule has 0 aliphatic heterocycles. The number of anilines is 1. The van der Waals surface area contributed by atoms with Gasteiger partial charge >= 0.3 is 0 Å². The fraction of sp³-hybridized carbons (Fsp3) is 0.0833. The van der Waals surface area contributed by atoms with Gasteiger partial charge in [-0.2, -0.15) is 0 Å². The molecule has 7 heteroatoms. The van der Waals surface area contributed by atoms with E-state index < -0.39 is 0 Å². The van der Waals surface area contributed by atoms with Gasteiger partial charge in [0, 0.05) is 5.69 Å². The van der Waals surface area contributed by atoms with E-state index in [0.29, 0.717) is 6.54 Å². The molecule has 2 aromatic heterocycles. The molecular weight excluding hydrogens is 310 g/mol. The summed E-state index contributed by atoms with van der Waals surface area (Å²) in [4.78, 5) is 0. The van der Waals surface area contributed by atoms with E-state index in [1.807, 2.05) is 36.4 Å². The number of rotatable bonds is 4. The molecule has 19 heavy (non-hydrogen) atoms. The molecule has 0 radical (unpaired) electrons. The van der Waals surface area contributed by atoms with Gasteiger partial charge in [0.05, 0.1) is 12.2 Å². The Morgan fingerprint density at radius 3 is 2.63 bits per heavy atom. The number of hydrogen-bond acceptors (Lipinski definition) is 5. The van der Waals surface area contributed by atoms with E-state index in [2.05, 4.69) is 36.8 Å². The Hall–Kier alpha value is -2.15.